The SMILES string of the molecule is C=C[C@H]([C@H](N)C(=C)C)[C@@](C)(OC)C(C)(C)/C=C(\C)C(F)(F)F. The van der Waals surface area contributed by atoms with Crippen molar-refractivity contribution in [2.75, 3.05) is 7.11 Å². The van der Waals surface area contributed by atoms with Gasteiger partial charge in [-0.05, 0) is 20.8 Å². The van der Waals surface area contributed by atoms with Gasteiger partial charge in [-0.15, -0.1) is 6.58 Å². The molecular weight excluding hydrogens is 291 g/mol. The summed E-state index contributed by atoms with van der Waals surface area (Å²) in [5, 5.41) is 0. The molecule has 0 aromatic carbocycles. The normalized spacial score (nSPS) is 19.3. The van der Waals surface area contributed by atoms with E-state index in [0.29, 0.717) is 0 Å². The van der Waals surface area contributed by atoms with Crippen LogP contribution in [0.25, 0.3) is 0 Å². The van der Waals surface area contributed by atoms with Gasteiger partial charge in [0.1, 0.15) is 0 Å². The van der Waals surface area contributed by atoms with E-state index in [1.807, 2.05) is 0 Å². The molecule has 22 heavy (non-hydrogen) atoms. The van der Waals surface area contributed by atoms with Gasteiger partial charge in [0.25, 0.3) is 0 Å². The largest absolute Gasteiger partial charge is 0.412 e. The predicted molar refractivity (Wildman–Crippen MR) is 85.5 cm³/mol. The van der Waals surface area contributed by atoms with Gasteiger partial charge in [-0.2, -0.15) is 13.2 Å². The second-order valence-electron chi connectivity index (χ2n) is 6.49. The summed E-state index contributed by atoms with van der Waals surface area (Å²) < 4.78 is 44.3. The minimum Gasteiger partial charge on any atom is -0.377 e. The molecule has 0 fully saturated rings. The Morgan fingerprint density at radius 3 is 1.91 bits per heavy atom. The molecule has 0 heterocycles. The van der Waals surface area contributed by atoms with Crippen LogP contribution in [0.15, 0.2) is 36.5 Å². The molecule has 128 valence electrons. The summed E-state index contributed by atoms with van der Waals surface area (Å²) in [5.74, 6) is -0.387. The lowest BCUT2D eigenvalue weighted by atomic mass is 9.65. The number of allylic oxidation sites excluding steroid dienone is 1. The molecule has 0 aromatic rings. The summed E-state index contributed by atoms with van der Waals surface area (Å²) >= 11 is 0. The highest BCUT2D eigenvalue weighted by molar-refractivity contribution is 5.21. The zero-order valence-corrected chi connectivity index (χ0v) is 14.3. The van der Waals surface area contributed by atoms with Crippen molar-refractivity contribution in [3.8, 4) is 0 Å². The smallest absolute Gasteiger partial charge is 0.377 e. The van der Waals surface area contributed by atoms with Crippen LogP contribution < -0.4 is 5.73 Å². The van der Waals surface area contributed by atoms with Crippen molar-refractivity contribution in [2.45, 2.75) is 52.4 Å². The van der Waals surface area contributed by atoms with E-state index < -0.39 is 28.8 Å². The van der Waals surface area contributed by atoms with E-state index in [-0.39, 0.29) is 5.92 Å². The summed E-state index contributed by atoms with van der Waals surface area (Å²) in [5.41, 5.74) is 4.32. The van der Waals surface area contributed by atoms with Crippen LogP contribution in [0.5, 0.6) is 0 Å². The van der Waals surface area contributed by atoms with Gasteiger partial charge in [0, 0.05) is 30.1 Å². The van der Waals surface area contributed by atoms with Gasteiger partial charge in [-0.25, -0.2) is 0 Å². The van der Waals surface area contributed by atoms with Crippen LogP contribution in [0.1, 0.15) is 34.6 Å². The van der Waals surface area contributed by atoms with Gasteiger partial charge in [-0.1, -0.05) is 38.2 Å². The molecule has 3 atom stereocenters. The van der Waals surface area contributed by atoms with Crippen molar-refractivity contribution in [1.82, 2.24) is 0 Å². The summed E-state index contributed by atoms with van der Waals surface area (Å²) in [6, 6.07) is -0.457. The Labute approximate surface area is 131 Å². The van der Waals surface area contributed by atoms with Gasteiger partial charge in [-0.3, -0.25) is 0 Å². The van der Waals surface area contributed by atoms with E-state index in [1.54, 1.807) is 33.8 Å². The Morgan fingerprint density at radius 1 is 1.18 bits per heavy atom. The minimum atomic E-state index is -4.37. The molecule has 2 N–H and O–H groups in total. The van der Waals surface area contributed by atoms with E-state index in [4.69, 9.17) is 10.5 Å². The fraction of sp³-hybridized carbons (Fsp3) is 0.647. The summed E-state index contributed by atoms with van der Waals surface area (Å²) in [6.45, 7) is 15.6. The van der Waals surface area contributed by atoms with Crippen molar-refractivity contribution in [2.24, 2.45) is 17.1 Å². The lowest BCUT2D eigenvalue weighted by Crippen LogP contribution is -2.54. The first-order valence-corrected chi connectivity index (χ1v) is 7.10. The molecule has 0 saturated carbocycles. The average Bonchev–Trinajstić information content (AvgIpc) is 2.36. The van der Waals surface area contributed by atoms with E-state index in [0.717, 1.165) is 12.5 Å². The molecule has 0 bridgehead atoms. The van der Waals surface area contributed by atoms with Gasteiger partial charge in [0.15, 0.2) is 0 Å². The Kier molecular flexibility index (Phi) is 6.66. The van der Waals surface area contributed by atoms with Gasteiger partial charge in [0.2, 0.25) is 0 Å². The molecule has 0 aliphatic rings. The van der Waals surface area contributed by atoms with E-state index in [9.17, 15) is 13.2 Å². The number of halogens is 3. The molecule has 0 saturated heterocycles. The van der Waals surface area contributed by atoms with Gasteiger partial charge in [0.05, 0.1) is 5.60 Å². The van der Waals surface area contributed by atoms with Crippen molar-refractivity contribution in [1.29, 1.82) is 0 Å². The van der Waals surface area contributed by atoms with Crippen LogP contribution in [0, 0.1) is 11.3 Å². The Morgan fingerprint density at radius 2 is 1.64 bits per heavy atom. The quantitative estimate of drug-likeness (QED) is 0.694. The van der Waals surface area contributed by atoms with Crippen LogP contribution in [-0.4, -0.2) is 24.9 Å². The highest BCUT2D eigenvalue weighted by Gasteiger charge is 2.48. The third-order valence-electron chi connectivity index (χ3n) is 4.57. The van der Waals surface area contributed by atoms with Crippen LogP contribution in [-0.2, 0) is 4.74 Å². The van der Waals surface area contributed by atoms with Crippen LogP contribution in [0.2, 0.25) is 0 Å². The number of nitrogens with two attached hydrogens (primary N) is 1. The number of ether oxygens (including phenoxy) is 1. The molecule has 0 amide bonds. The molecule has 0 radical (unpaired) electrons. The number of methoxy groups -OCH3 is 1. The van der Waals surface area contributed by atoms with Crippen molar-refractivity contribution < 1.29 is 17.9 Å². The molecule has 2 nitrogen and oxygen atoms in total. The molecule has 0 aromatic heterocycles. The summed E-state index contributed by atoms with van der Waals surface area (Å²) in [4.78, 5) is 0. The molecule has 0 rings (SSSR count). The maximum absolute atomic E-state index is 12.9. The molecule has 0 spiro atoms. The number of rotatable bonds is 7. The summed E-state index contributed by atoms with van der Waals surface area (Å²) in [7, 11) is 1.47. The highest BCUT2D eigenvalue weighted by atomic mass is 19.4. The zero-order valence-electron chi connectivity index (χ0n) is 14.3. The molecule has 0 aliphatic heterocycles. The third-order valence-corrected chi connectivity index (χ3v) is 4.57. The first kappa shape index (κ1) is 20.9. The minimum absolute atomic E-state index is 0.387. The Hall–Kier alpha value is -1.07. The lowest BCUT2D eigenvalue weighted by Gasteiger charge is -2.48. The lowest BCUT2D eigenvalue weighted by molar-refractivity contribution is -0.107. The van der Waals surface area contributed by atoms with Crippen molar-refractivity contribution >= 4 is 0 Å². The van der Waals surface area contributed by atoms with Crippen molar-refractivity contribution in [3.63, 3.8) is 0 Å². The van der Waals surface area contributed by atoms with E-state index in [1.165, 1.54) is 13.2 Å². The van der Waals surface area contributed by atoms with Crippen LogP contribution in [0.3, 0.4) is 0 Å². The predicted octanol–water partition coefficient (Wildman–Crippen LogP) is 4.63. The van der Waals surface area contributed by atoms with Gasteiger partial charge >= 0.3 is 6.18 Å². The fourth-order valence-corrected chi connectivity index (χ4v) is 2.62. The van der Waals surface area contributed by atoms with Crippen LogP contribution in [0.4, 0.5) is 13.2 Å². The molecule has 0 aliphatic carbocycles. The second kappa shape index (κ2) is 7.01. The van der Waals surface area contributed by atoms with E-state index >= 15 is 0 Å². The zero-order chi connectivity index (χ0) is 17.9. The molecule has 5 heteroatoms. The van der Waals surface area contributed by atoms with Crippen molar-refractivity contribution in [3.05, 3.63) is 36.5 Å². The monoisotopic (exact) mass is 319 g/mol. The van der Waals surface area contributed by atoms with Gasteiger partial charge < -0.3 is 10.5 Å². The number of alkyl halides is 3. The molecular formula is C17H28F3NO. The van der Waals surface area contributed by atoms with Crippen LogP contribution >= 0.6 is 0 Å². The maximum atomic E-state index is 12.9. The second-order valence-corrected chi connectivity index (χ2v) is 6.49. The highest BCUT2D eigenvalue weighted by Crippen LogP contribution is 2.45. The first-order valence-electron chi connectivity index (χ1n) is 7.10. The first-order chi connectivity index (χ1) is 9.74. The summed E-state index contributed by atoms with van der Waals surface area (Å²) in [6.07, 6.45) is -1.55. The standard InChI is InChI=1S/C17H28F3NO/c1-9-13(14(21)11(2)3)16(7,22-8)15(5,6)10-12(4)17(18,19)20/h9-10,13-14H,1-2,21H2,3-8H3/b12-10+/t13-,14-,16-/m1/s1. The maximum Gasteiger partial charge on any atom is 0.412 e. The number of hydrogen-bond donors (Lipinski definition) is 1. The topological polar surface area (TPSA) is 35.2 Å². The average molecular weight is 319 g/mol. The number of hydrogen-bond acceptors (Lipinski definition) is 2. The Bertz CT molecular complexity index is 451. The molecule has 0 unspecified atom stereocenters. The third kappa shape index (κ3) is 4.23. The fourth-order valence-electron chi connectivity index (χ4n) is 2.62. The Balaban J connectivity index is 5.97. The van der Waals surface area contributed by atoms with E-state index in [2.05, 4.69) is 13.2 Å².